The third kappa shape index (κ3) is 12.0. The molecule has 0 radical (unpaired) electrons. The van der Waals surface area contributed by atoms with Gasteiger partial charge in [-0.3, -0.25) is 19.2 Å². The highest BCUT2D eigenvalue weighted by atomic mass is 35.5. The quantitative estimate of drug-likeness (QED) is 0.0600. The number of benzene rings is 8. The molecular formula is C83H84ClF3N6O10. The highest BCUT2D eigenvalue weighted by Crippen LogP contribution is 2.58. The van der Waals surface area contributed by atoms with Gasteiger partial charge in [0.15, 0.2) is 5.54 Å². The van der Waals surface area contributed by atoms with Gasteiger partial charge in [-0.1, -0.05) is 148 Å². The van der Waals surface area contributed by atoms with E-state index in [-0.39, 0.29) is 69.7 Å². The second-order valence-corrected chi connectivity index (χ2v) is 28.5. The highest BCUT2D eigenvalue weighted by molar-refractivity contribution is 6.32. The molecule has 4 amide bonds. The van der Waals surface area contributed by atoms with Gasteiger partial charge in [0.05, 0.1) is 43.2 Å². The Bertz CT molecular complexity index is 4670. The number of carbonyl (C=O) groups is 4. The summed E-state index contributed by atoms with van der Waals surface area (Å²) < 4.78 is 52.6. The van der Waals surface area contributed by atoms with E-state index in [9.17, 15) is 52.8 Å². The molecule has 0 spiro atoms. The number of amides is 4. The number of ether oxygens (including phenoxy) is 2. The van der Waals surface area contributed by atoms with Crippen LogP contribution in [0.4, 0.5) is 35.9 Å². The lowest BCUT2D eigenvalue weighted by atomic mass is 9.62. The van der Waals surface area contributed by atoms with Crippen LogP contribution in [-0.4, -0.2) is 67.8 Å². The highest BCUT2D eigenvalue weighted by Gasteiger charge is 2.58. The van der Waals surface area contributed by atoms with Gasteiger partial charge in [0.1, 0.15) is 50.7 Å². The maximum absolute atomic E-state index is 13.5. The van der Waals surface area contributed by atoms with Crippen molar-refractivity contribution in [3.8, 4) is 34.5 Å². The van der Waals surface area contributed by atoms with Gasteiger partial charge in [0.2, 0.25) is 17.7 Å². The summed E-state index contributed by atoms with van der Waals surface area (Å²) in [5.41, 5.74) is 7.21. The topological polar surface area (TPSA) is 234 Å². The number of methoxy groups -OCH3 is 2. The van der Waals surface area contributed by atoms with Gasteiger partial charge in [-0.25, -0.2) is 4.98 Å². The molecule has 8 N–H and O–H groups in total. The second kappa shape index (κ2) is 28.5. The van der Waals surface area contributed by atoms with Gasteiger partial charge >= 0.3 is 6.18 Å². The fraction of sp³-hybridized carbons (Fsp3) is 0.337. The number of aromatic nitrogens is 2. The number of carbonyl (C=O) groups excluding carboxylic acids is 4. The number of hydrogen-bond donors (Lipinski definition) is 8. The van der Waals surface area contributed by atoms with E-state index in [1.54, 1.807) is 50.6 Å². The minimum atomic E-state index is -4.61. The number of hydrogen-bond acceptors (Lipinski definition) is 11. The van der Waals surface area contributed by atoms with Crippen LogP contribution in [-0.2, 0) is 47.1 Å². The van der Waals surface area contributed by atoms with E-state index in [2.05, 4.69) is 26.3 Å². The molecule has 7 aliphatic rings. The minimum absolute atomic E-state index is 0.0165. The number of alkyl halides is 3. The summed E-state index contributed by atoms with van der Waals surface area (Å²) >= 11 is 6.33. The largest absolute Gasteiger partial charge is 0.508 e. The Morgan fingerprint density at radius 3 is 1.16 bits per heavy atom. The van der Waals surface area contributed by atoms with Crippen molar-refractivity contribution in [3.05, 3.63) is 242 Å². The van der Waals surface area contributed by atoms with Crippen molar-refractivity contribution in [1.82, 2.24) is 9.55 Å². The number of imidazole rings is 1. The Morgan fingerprint density at radius 2 is 0.786 bits per heavy atom. The molecule has 20 heteroatoms. The van der Waals surface area contributed by atoms with Gasteiger partial charge in [-0.15, -0.1) is 0 Å². The van der Waals surface area contributed by atoms with Crippen molar-refractivity contribution < 1.29 is 62.2 Å². The van der Waals surface area contributed by atoms with Crippen LogP contribution < -0.4 is 30.7 Å². The predicted molar refractivity (Wildman–Crippen MR) is 391 cm³/mol. The van der Waals surface area contributed by atoms with Crippen LogP contribution >= 0.6 is 11.6 Å². The van der Waals surface area contributed by atoms with Gasteiger partial charge < -0.3 is 55.7 Å². The standard InChI is InChI=1S/C22H24ClNO2.C22H25NO3.C21H23NO3.C18H12F3N3O2/c1-14-19(23)13-12-18-20(14)24-21(26)22(18,15-6-4-2-3-5-7-15)16-8-10-17(25)11-9-16;1-14-19(26-2)13-12-18-20(14)23-21(25)22(18,15-6-4-3-5-7-15)16-8-10-17(24)11-9-16;1-13-18(25-2)12-11-17-19(13)22-20(24)21(17,14-5-3-4-6-14)15-7-9-16(23)10-8-15;19-18(20,21)14-3-1-2-13-15(14)23-16(26)17(13,24-9-8-22-10-24)11-4-6-12(25)7-5-11/h8-13,15,25H,2-7H2,1H3,(H,24,26);8-13,15,24H,3-7H2,1-2H3,(H,23,25);7-12,14,23H,3-6H2,1-2H3,(H,22,24);1-10,25H,(H,23,26). The number of fused-ring (bicyclic) bond motifs is 4. The maximum Gasteiger partial charge on any atom is 0.418 e. The SMILES string of the molecule is COc1ccc2c(c1C)NC(=O)C2(c1ccc(O)cc1)C1CCCC1.COc1ccc2c(c1C)NC(=O)C2(c1ccc(O)cc1)C1CCCCC1.Cc1c(Cl)ccc2c1NC(=O)C2(c1ccc(O)cc1)C1CCCCCC1.O=C1Nc2c(C(F)(F)F)cccc2C1(c1ccc(O)cc1)n1ccnc1. The predicted octanol–water partition coefficient (Wildman–Crippen LogP) is 17.6. The Labute approximate surface area is 601 Å². The average molecular weight is 1420 g/mol. The molecular weight excluding hydrogens is 1330 g/mol. The van der Waals surface area contributed by atoms with Crippen LogP contribution in [0.1, 0.15) is 163 Å². The molecule has 5 heterocycles. The van der Waals surface area contributed by atoms with Crippen LogP contribution in [0, 0.1) is 38.5 Å². The Kier molecular flexibility index (Phi) is 19.7. The van der Waals surface area contributed by atoms with E-state index in [0.29, 0.717) is 10.6 Å². The molecule has 4 atom stereocenters. The molecule has 3 saturated carbocycles. The lowest BCUT2D eigenvalue weighted by Gasteiger charge is -2.39. The molecule has 0 saturated heterocycles. The number of nitrogens with zero attached hydrogens (tertiary/aromatic N) is 2. The van der Waals surface area contributed by atoms with E-state index in [1.807, 2.05) is 93.6 Å². The van der Waals surface area contributed by atoms with Crippen LogP contribution in [0.15, 0.2) is 170 Å². The molecule has 1 aromatic heterocycles. The zero-order valence-electron chi connectivity index (χ0n) is 58.1. The number of rotatable bonds is 10. The van der Waals surface area contributed by atoms with E-state index in [4.69, 9.17) is 21.1 Å². The van der Waals surface area contributed by atoms with E-state index in [0.717, 1.165) is 162 Å². The number of para-hydroxylation sites is 1. The van der Waals surface area contributed by atoms with Crippen molar-refractivity contribution >= 4 is 58.0 Å². The number of aromatic hydroxyl groups is 4. The molecule has 8 aromatic carbocycles. The number of nitrogens with one attached hydrogen (secondary N) is 4. The number of anilines is 4. The molecule has 9 aromatic rings. The first-order valence-corrected chi connectivity index (χ1v) is 35.7. The Hall–Kier alpha value is -10.3. The van der Waals surface area contributed by atoms with Crippen molar-refractivity contribution in [3.63, 3.8) is 0 Å². The lowest BCUT2D eigenvalue weighted by molar-refractivity contribution is -0.137. The van der Waals surface area contributed by atoms with Crippen LogP contribution in [0.3, 0.4) is 0 Å². The molecule has 16 rings (SSSR count). The number of phenols is 4. The molecule has 103 heavy (non-hydrogen) atoms. The summed E-state index contributed by atoms with van der Waals surface area (Å²) in [6.07, 6.45) is 16.6. The van der Waals surface area contributed by atoms with Crippen LogP contribution in [0.5, 0.6) is 34.5 Å². The number of halogens is 4. The summed E-state index contributed by atoms with van der Waals surface area (Å²) in [4.78, 5) is 57.3. The molecule has 0 bridgehead atoms. The minimum Gasteiger partial charge on any atom is -0.508 e. The molecule has 3 aliphatic carbocycles. The third-order valence-electron chi connectivity index (χ3n) is 22.9. The summed E-state index contributed by atoms with van der Waals surface area (Å²) in [5, 5.41) is 51.3. The summed E-state index contributed by atoms with van der Waals surface area (Å²) in [7, 11) is 3.30. The van der Waals surface area contributed by atoms with Gasteiger partial charge in [-0.2, -0.15) is 13.2 Å². The van der Waals surface area contributed by atoms with Crippen molar-refractivity contribution in [2.45, 2.75) is 145 Å². The van der Waals surface area contributed by atoms with E-state index < -0.39 is 39.4 Å². The van der Waals surface area contributed by atoms with Crippen molar-refractivity contribution in [2.75, 3.05) is 35.5 Å². The van der Waals surface area contributed by atoms with Crippen LogP contribution in [0.25, 0.3) is 0 Å². The zero-order chi connectivity index (χ0) is 72.8. The van der Waals surface area contributed by atoms with Gasteiger partial charge in [-0.05, 0) is 194 Å². The monoisotopic (exact) mass is 1420 g/mol. The first-order valence-electron chi connectivity index (χ1n) is 35.4. The average Bonchev–Trinajstić information content (AvgIpc) is 1.59. The fourth-order valence-electron chi connectivity index (χ4n) is 18.0. The molecule has 4 aliphatic heterocycles. The van der Waals surface area contributed by atoms with E-state index >= 15 is 0 Å². The fourth-order valence-corrected chi connectivity index (χ4v) is 18.1. The maximum atomic E-state index is 13.5. The third-order valence-corrected chi connectivity index (χ3v) is 23.3. The molecule has 16 nitrogen and oxygen atoms in total. The molecule has 3 fully saturated rings. The van der Waals surface area contributed by atoms with E-state index in [1.165, 1.54) is 78.9 Å². The first-order chi connectivity index (χ1) is 49.6. The zero-order valence-corrected chi connectivity index (χ0v) is 58.9. The first kappa shape index (κ1) is 71.1. The summed E-state index contributed by atoms with van der Waals surface area (Å²) in [6.45, 7) is 5.94. The van der Waals surface area contributed by atoms with Crippen molar-refractivity contribution in [2.24, 2.45) is 17.8 Å². The Morgan fingerprint density at radius 1 is 0.437 bits per heavy atom. The second-order valence-electron chi connectivity index (χ2n) is 28.1. The summed E-state index contributed by atoms with van der Waals surface area (Å²) in [5.74, 6) is 2.47. The normalized spacial score (nSPS) is 22.0. The van der Waals surface area contributed by atoms with Crippen molar-refractivity contribution in [1.29, 1.82) is 0 Å². The summed E-state index contributed by atoms with van der Waals surface area (Å²) in [6, 6.07) is 42.8. The lowest BCUT2D eigenvalue weighted by Crippen LogP contribution is -2.43. The van der Waals surface area contributed by atoms with Gasteiger partial charge in [0.25, 0.3) is 5.91 Å². The smallest absolute Gasteiger partial charge is 0.418 e. The number of phenolic OH excluding ortho intramolecular Hbond substituents is 4. The Balaban J connectivity index is 0.000000122. The molecule has 534 valence electrons. The van der Waals surface area contributed by atoms with Crippen LogP contribution in [0.2, 0.25) is 5.02 Å². The molecule has 4 unspecified atom stereocenters. The van der Waals surface area contributed by atoms with Gasteiger partial charge in [0, 0.05) is 39.8 Å².